The molecule has 2 fully saturated rings. The van der Waals surface area contributed by atoms with Crippen molar-refractivity contribution in [3.05, 3.63) is 69.9 Å². The second-order valence-electron chi connectivity index (χ2n) is 9.55. The molecule has 1 saturated heterocycles. The van der Waals surface area contributed by atoms with Crippen LogP contribution in [0.3, 0.4) is 0 Å². The van der Waals surface area contributed by atoms with Gasteiger partial charge in [0.05, 0.1) is 12.1 Å². The summed E-state index contributed by atoms with van der Waals surface area (Å²) in [4.78, 5) is 33.1. The summed E-state index contributed by atoms with van der Waals surface area (Å²) in [6, 6.07) is 7.48. The van der Waals surface area contributed by atoms with Crippen LogP contribution in [0, 0.1) is 11.8 Å². The van der Waals surface area contributed by atoms with E-state index in [9.17, 15) is 14.7 Å². The maximum atomic E-state index is 13.6. The minimum Gasteiger partial charge on any atom is -0.396 e. The summed E-state index contributed by atoms with van der Waals surface area (Å²) in [6.07, 6.45) is 11.6. The van der Waals surface area contributed by atoms with Crippen molar-refractivity contribution in [2.24, 2.45) is 11.8 Å². The van der Waals surface area contributed by atoms with E-state index in [1.165, 1.54) is 0 Å². The first-order valence-electron chi connectivity index (χ1n) is 12.0. The molecule has 2 N–H and O–H groups in total. The molecule has 2 aliphatic heterocycles. The summed E-state index contributed by atoms with van der Waals surface area (Å²) >= 11 is 0. The van der Waals surface area contributed by atoms with Crippen molar-refractivity contribution in [2.75, 3.05) is 6.61 Å². The third kappa shape index (κ3) is 3.93. The SMILES string of the molecule is C/C=C\c1ccc2n(c1=O)C[C@@H]1[C@@H](CO)[C@H](C(=O)NC3CCCC3)N(Cc3cccnc3)[C@H]21. The number of aliphatic hydroxyl groups is 1. The Balaban J connectivity index is 1.54. The van der Waals surface area contributed by atoms with Gasteiger partial charge in [-0.1, -0.05) is 31.1 Å². The van der Waals surface area contributed by atoms with Crippen LogP contribution >= 0.6 is 0 Å². The molecule has 1 aliphatic carbocycles. The molecule has 7 nitrogen and oxygen atoms in total. The summed E-state index contributed by atoms with van der Waals surface area (Å²) in [5, 5.41) is 13.7. The molecular formula is C26H32N4O3. The van der Waals surface area contributed by atoms with Gasteiger partial charge in [0.25, 0.3) is 5.56 Å². The smallest absolute Gasteiger partial charge is 0.258 e. The first-order valence-corrected chi connectivity index (χ1v) is 12.0. The highest BCUT2D eigenvalue weighted by Crippen LogP contribution is 2.49. The van der Waals surface area contributed by atoms with Crippen LogP contribution in [0.4, 0.5) is 0 Å². The van der Waals surface area contributed by atoms with E-state index in [0.29, 0.717) is 18.7 Å². The Morgan fingerprint density at radius 2 is 2.09 bits per heavy atom. The van der Waals surface area contributed by atoms with Crippen LogP contribution in [0.25, 0.3) is 6.08 Å². The van der Waals surface area contributed by atoms with Crippen LogP contribution < -0.4 is 10.9 Å². The zero-order valence-corrected chi connectivity index (χ0v) is 19.1. The summed E-state index contributed by atoms with van der Waals surface area (Å²) < 4.78 is 1.84. The number of amides is 1. The van der Waals surface area contributed by atoms with E-state index in [4.69, 9.17) is 0 Å². The standard InChI is InChI=1S/C26H32N4O3/c1-2-6-18-10-11-22-23-20(15-29(22)26(18)33)21(16-31)24(25(32)28-19-8-3-4-9-19)30(23)14-17-7-5-12-27-13-17/h2,5-7,10-13,19-21,23-24,31H,3-4,8-9,14-16H2,1H3,(H,28,32)/b6-2-/t20-,21-,23+,24-/m1/s1. The lowest BCUT2D eigenvalue weighted by Crippen LogP contribution is -2.50. The molecule has 2 aromatic rings. The lowest BCUT2D eigenvalue weighted by atomic mass is 9.88. The molecule has 4 atom stereocenters. The molecule has 4 heterocycles. The third-order valence-corrected chi connectivity index (χ3v) is 7.62. The fourth-order valence-corrected chi connectivity index (χ4v) is 6.17. The van der Waals surface area contributed by atoms with Crippen LogP contribution in [-0.2, 0) is 17.9 Å². The number of nitrogens with zero attached hydrogens (tertiary/aromatic N) is 3. The fraction of sp³-hybridized carbons (Fsp3) is 0.500. The van der Waals surface area contributed by atoms with Gasteiger partial charge < -0.3 is 15.0 Å². The Morgan fingerprint density at radius 1 is 1.27 bits per heavy atom. The predicted octanol–water partition coefficient (Wildman–Crippen LogP) is 2.50. The maximum absolute atomic E-state index is 13.6. The number of aliphatic hydroxyl groups excluding tert-OH is 1. The average Bonchev–Trinajstić information content (AvgIpc) is 3.53. The number of carbonyl (C=O) groups excluding carboxylic acids is 1. The Hall–Kier alpha value is -2.77. The zero-order valence-electron chi connectivity index (χ0n) is 19.1. The summed E-state index contributed by atoms with van der Waals surface area (Å²) in [5.41, 5.74) is 2.60. The molecule has 0 unspecified atom stereocenters. The molecule has 174 valence electrons. The third-order valence-electron chi connectivity index (χ3n) is 7.62. The Bertz CT molecular complexity index is 1090. The molecule has 33 heavy (non-hydrogen) atoms. The second kappa shape index (κ2) is 9.23. The number of aromatic nitrogens is 2. The number of allylic oxidation sites excluding steroid dienone is 1. The topological polar surface area (TPSA) is 87.5 Å². The summed E-state index contributed by atoms with van der Waals surface area (Å²) in [5.74, 6) is -0.240. The Labute approximate surface area is 194 Å². The van der Waals surface area contributed by atoms with E-state index < -0.39 is 6.04 Å². The van der Waals surface area contributed by atoms with Crippen LogP contribution in [0.2, 0.25) is 0 Å². The normalized spacial score (nSPS) is 27.2. The van der Waals surface area contributed by atoms with E-state index in [-0.39, 0.29) is 42.0 Å². The molecule has 1 amide bonds. The second-order valence-corrected chi connectivity index (χ2v) is 9.55. The van der Waals surface area contributed by atoms with Crippen molar-refractivity contribution in [2.45, 2.75) is 63.8 Å². The van der Waals surface area contributed by atoms with Crippen LogP contribution in [0.15, 0.2) is 47.5 Å². The molecule has 1 saturated carbocycles. The van der Waals surface area contributed by atoms with Crippen LogP contribution in [0.1, 0.15) is 55.5 Å². The number of hydrogen-bond acceptors (Lipinski definition) is 5. The van der Waals surface area contributed by atoms with Gasteiger partial charge >= 0.3 is 0 Å². The Kier molecular flexibility index (Phi) is 6.17. The summed E-state index contributed by atoms with van der Waals surface area (Å²) in [6.45, 7) is 2.88. The van der Waals surface area contributed by atoms with Gasteiger partial charge in [-0.15, -0.1) is 0 Å². The van der Waals surface area contributed by atoms with Crippen molar-refractivity contribution < 1.29 is 9.90 Å². The lowest BCUT2D eigenvalue weighted by molar-refractivity contribution is -0.128. The summed E-state index contributed by atoms with van der Waals surface area (Å²) in [7, 11) is 0. The predicted molar refractivity (Wildman–Crippen MR) is 126 cm³/mol. The maximum Gasteiger partial charge on any atom is 0.258 e. The molecule has 2 aromatic heterocycles. The highest BCUT2D eigenvalue weighted by molar-refractivity contribution is 5.83. The number of hydrogen-bond donors (Lipinski definition) is 2. The monoisotopic (exact) mass is 448 g/mol. The number of nitrogens with one attached hydrogen (secondary N) is 1. The number of fused-ring (bicyclic) bond motifs is 3. The Morgan fingerprint density at radius 3 is 2.79 bits per heavy atom. The molecular weight excluding hydrogens is 416 g/mol. The zero-order chi connectivity index (χ0) is 22.9. The van der Waals surface area contributed by atoms with Gasteiger partial charge in [0.15, 0.2) is 0 Å². The minimum atomic E-state index is -0.440. The van der Waals surface area contributed by atoms with Crippen LogP contribution in [0.5, 0.6) is 0 Å². The molecule has 0 radical (unpaired) electrons. The lowest BCUT2D eigenvalue weighted by Gasteiger charge is -2.31. The number of likely N-dealkylation sites (tertiary alicyclic amines) is 1. The van der Waals surface area contributed by atoms with Gasteiger partial charge in [-0.25, -0.2) is 0 Å². The van der Waals surface area contributed by atoms with Gasteiger partial charge in [0.1, 0.15) is 0 Å². The van der Waals surface area contributed by atoms with Crippen LogP contribution in [-0.4, -0.2) is 44.2 Å². The van der Waals surface area contributed by atoms with Gasteiger partial charge in [0.2, 0.25) is 5.91 Å². The quantitative estimate of drug-likeness (QED) is 0.709. The highest BCUT2D eigenvalue weighted by atomic mass is 16.3. The number of rotatable bonds is 6. The van der Waals surface area contributed by atoms with Gasteiger partial charge in [0, 0.05) is 61.2 Å². The highest BCUT2D eigenvalue weighted by Gasteiger charge is 2.55. The van der Waals surface area contributed by atoms with Crippen molar-refractivity contribution in [3.63, 3.8) is 0 Å². The number of pyridine rings is 2. The number of carbonyl (C=O) groups is 1. The molecule has 5 rings (SSSR count). The largest absolute Gasteiger partial charge is 0.396 e. The fourth-order valence-electron chi connectivity index (χ4n) is 6.17. The van der Waals surface area contributed by atoms with Crippen molar-refractivity contribution in [1.82, 2.24) is 19.8 Å². The van der Waals surface area contributed by atoms with E-state index in [1.54, 1.807) is 6.20 Å². The molecule has 0 bridgehead atoms. The first kappa shape index (κ1) is 22.0. The van der Waals surface area contributed by atoms with E-state index >= 15 is 0 Å². The first-order chi connectivity index (χ1) is 16.1. The average molecular weight is 449 g/mol. The molecule has 0 aromatic carbocycles. The van der Waals surface area contributed by atoms with Crippen molar-refractivity contribution in [1.29, 1.82) is 0 Å². The van der Waals surface area contributed by atoms with E-state index in [0.717, 1.165) is 36.9 Å². The molecule has 0 spiro atoms. The van der Waals surface area contributed by atoms with Gasteiger partial charge in [-0.3, -0.25) is 19.5 Å². The van der Waals surface area contributed by atoms with Gasteiger partial charge in [-0.05, 0) is 43.5 Å². The van der Waals surface area contributed by atoms with E-state index in [2.05, 4.69) is 15.2 Å². The minimum absolute atomic E-state index is 0.000411. The van der Waals surface area contributed by atoms with Crippen molar-refractivity contribution >= 4 is 12.0 Å². The van der Waals surface area contributed by atoms with Crippen molar-refractivity contribution in [3.8, 4) is 0 Å². The molecule has 3 aliphatic rings. The van der Waals surface area contributed by atoms with Gasteiger partial charge in [-0.2, -0.15) is 0 Å². The molecule has 7 heteroatoms. The van der Waals surface area contributed by atoms with E-state index in [1.807, 2.05) is 54.1 Å².